The van der Waals surface area contributed by atoms with Crippen LogP contribution >= 0.6 is 0 Å². The van der Waals surface area contributed by atoms with Gasteiger partial charge in [-0.25, -0.2) is 4.98 Å². The van der Waals surface area contributed by atoms with Crippen LogP contribution in [0.3, 0.4) is 0 Å². The van der Waals surface area contributed by atoms with Gasteiger partial charge in [0.2, 0.25) is 0 Å². The molecule has 138 valence electrons. The number of aromatic nitrogens is 1. The predicted molar refractivity (Wildman–Crippen MR) is 98.1 cm³/mol. The molecule has 0 saturated carbocycles. The molecule has 0 bridgehead atoms. The largest absolute Gasteiger partial charge is 0.416 e. The molecular weight excluding hydrogens is 355 g/mol. The van der Waals surface area contributed by atoms with Crippen LogP contribution in [-0.2, 0) is 6.18 Å². The van der Waals surface area contributed by atoms with Gasteiger partial charge in [0.25, 0.3) is 5.91 Å². The molecule has 2 aromatic carbocycles. The summed E-state index contributed by atoms with van der Waals surface area (Å²) in [6, 6.07) is 15.3. The number of nitrogens with zero attached hydrogens (tertiary/aromatic N) is 1. The van der Waals surface area contributed by atoms with Crippen LogP contribution in [0.15, 0.2) is 66.9 Å². The number of hydrogen-bond donors (Lipinski definition) is 2. The number of anilines is 3. The summed E-state index contributed by atoms with van der Waals surface area (Å²) in [6.45, 7) is 1.92. The summed E-state index contributed by atoms with van der Waals surface area (Å²) in [5.74, 6) is -0.369. The molecule has 0 fully saturated rings. The number of amides is 1. The van der Waals surface area contributed by atoms with Crippen LogP contribution in [0.1, 0.15) is 21.6 Å². The average molecular weight is 371 g/mol. The van der Waals surface area contributed by atoms with Gasteiger partial charge < -0.3 is 10.6 Å². The van der Waals surface area contributed by atoms with Gasteiger partial charge in [0.1, 0.15) is 5.69 Å². The molecule has 0 aliphatic rings. The molecule has 0 unspecified atom stereocenters. The molecule has 1 amide bonds. The van der Waals surface area contributed by atoms with E-state index >= 15 is 0 Å². The normalized spacial score (nSPS) is 11.1. The summed E-state index contributed by atoms with van der Waals surface area (Å²) < 4.78 is 38.3. The van der Waals surface area contributed by atoms with Crippen molar-refractivity contribution in [1.29, 1.82) is 0 Å². The lowest BCUT2D eigenvalue weighted by Crippen LogP contribution is -2.13. The van der Waals surface area contributed by atoms with Crippen LogP contribution in [0.2, 0.25) is 0 Å². The third-order valence-electron chi connectivity index (χ3n) is 3.75. The highest BCUT2D eigenvalue weighted by Crippen LogP contribution is 2.31. The molecule has 0 aliphatic carbocycles. The standard InChI is InChI=1S/C20H16F3N3O/c1-13-4-2-6-15(10-13)26-19(27)18-9-8-17(12-24-18)25-16-7-3-5-14(11-16)20(21,22)23/h2-12,25H,1H3,(H,26,27). The van der Waals surface area contributed by atoms with E-state index < -0.39 is 11.7 Å². The maximum atomic E-state index is 12.8. The number of benzene rings is 2. The van der Waals surface area contributed by atoms with Crippen LogP contribution in [0.25, 0.3) is 0 Å². The molecule has 1 heterocycles. The van der Waals surface area contributed by atoms with E-state index in [-0.39, 0.29) is 17.3 Å². The average Bonchev–Trinajstić information content (AvgIpc) is 2.62. The first kappa shape index (κ1) is 18.4. The molecule has 1 aromatic heterocycles. The van der Waals surface area contributed by atoms with Crippen molar-refractivity contribution in [1.82, 2.24) is 4.98 Å². The van der Waals surface area contributed by atoms with Crippen LogP contribution in [-0.4, -0.2) is 10.9 Å². The number of nitrogens with one attached hydrogen (secondary N) is 2. The molecule has 0 radical (unpaired) electrons. The van der Waals surface area contributed by atoms with Crippen molar-refractivity contribution in [3.63, 3.8) is 0 Å². The number of alkyl halides is 3. The Morgan fingerprint density at radius 3 is 2.33 bits per heavy atom. The van der Waals surface area contributed by atoms with Crippen LogP contribution < -0.4 is 10.6 Å². The van der Waals surface area contributed by atoms with E-state index in [4.69, 9.17) is 0 Å². The number of hydrogen-bond acceptors (Lipinski definition) is 3. The molecule has 7 heteroatoms. The fourth-order valence-corrected chi connectivity index (χ4v) is 2.46. The lowest BCUT2D eigenvalue weighted by atomic mass is 10.2. The molecule has 3 rings (SSSR count). The van der Waals surface area contributed by atoms with E-state index in [9.17, 15) is 18.0 Å². The number of rotatable bonds is 4. The highest BCUT2D eigenvalue weighted by Gasteiger charge is 2.30. The van der Waals surface area contributed by atoms with Crippen molar-refractivity contribution in [3.8, 4) is 0 Å². The number of aryl methyl sites for hydroxylation is 1. The van der Waals surface area contributed by atoms with Crippen molar-refractivity contribution in [2.24, 2.45) is 0 Å². The fourth-order valence-electron chi connectivity index (χ4n) is 2.46. The van der Waals surface area contributed by atoms with E-state index in [2.05, 4.69) is 15.6 Å². The third-order valence-corrected chi connectivity index (χ3v) is 3.75. The van der Waals surface area contributed by atoms with Crippen molar-refractivity contribution in [3.05, 3.63) is 83.7 Å². The van der Waals surface area contributed by atoms with E-state index in [1.165, 1.54) is 24.4 Å². The molecular formula is C20H16F3N3O. The van der Waals surface area contributed by atoms with Crippen molar-refractivity contribution in [2.45, 2.75) is 13.1 Å². The van der Waals surface area contributed by atoms with Crippen LogP contribution in [0.5, 0.6) is 0 Å². The van der Waals surface area contributed by atoms with E-state index in [1.807, 2.05) is 25.1 Å². The number of halogens is 3. The van der Waals surface area contributed by atoms with Gasteiger partial charge in [-0.3, -0.25) is 4.79 Å². The van der Waals surface area contributed by atoms with Gasteiger partial charge in [0.15, 0.2) is 0 Å². The minimum Gasteiger partial charge on any atom is -0.354 e. The summed E-state index contributed by atoms with van der Waals surface area (Å²) in [7, 11) is 0. The summed E-state index contributed by atoms with van der Waals surface area (Å²) in [5.41, 5.74) is 1.89. The molecule has 0 saturated heterocycles. The van der Waals surface area contributed by atoms with Gasteiger partial charge in [0, 0.05) is 11.4 Å². The Labute approximate surface area is 154 Å². The van der Waals surface area contributed by atoms with Gasteiger partial charge in [-0.15, -0.1) is 0 Å². The molecule has 2 N–H and O–H groups in total. The molecule has 27 heavy (non-hydrogen) atoms. The number of carbonyl (C=O) groups is 1. The monoisotopic (exact) mass is 371 g/mol. The molecule has 0 aliphatic heterocycles. The van der Waals surface area contributed by atoms with Gasteiger partial charge in [-0.05, 0) is 55.0 Å². The number of pyridine rings is 1. The Hall–Kier alpha value is -3.35. The Morgan fingerprint density at radius 2 is 1.67 bits per heavy atom. The van der Waals surface area contributed by atoms with Gasteiger partial charge in [0.05, 0.1) is 17.4 Å². The quantitative estimate of drug-likeness (QED) is 0.645. The highest BCUT2D eigenvalue weighted by molar-refractivity contribution is 6.03. The lowest BCUT2D eigenvalue weighted by Gasteiger charge is -2.11. The first-order valence-electron chi connectivity index (χ1n) is 8.09. The smallest absolute Gasteiger partial charge is 0.354 e. The third kappa shape index (κ3) is 4.84. The SMILES string of the molecule is Cc1cccc(NC(=O)c2ccc(Nc3cccc(C(F)(F)F)c3)cn2)c1. The second-order valence-corrected chi connectivity index (χ2v) is 5.96. The zero-order valence-corrected chi connectivity index (χ0v) is 14.3. The molecule has 4 nitrogen and oxygen atoms in total. The van der Waals surface area contributed by atoms with Gasteiger partial charge in [-0.1, -0.05) is 18.2 Å². The molecule has 3 aromatic rings. The Balaban J connectivity index is 1.69. The Morgan fingerprint density at radius 1 is 0.926 bits per heavy atom. The second kappa shape index (κ2) is 7.49. The number of carbonyl (C=O) groups excluding carboxylic acids is 1. The maximum absolute atomic E-state index is 12.8. The summed E-state index contributed by atoms with van der Waals surface area (Å²) in [5, 5.41) is 5.59. The summed E-state index contributed by atoms with van der Waals surface area (Å²) in [4.78, 5) is 16.3. The lowest BCUT2D eigenvalue weighted by molar-refractivity contribution is -0.137. The van der Waals surface area contributed by atoms with Crippen molar-refractivity contribution in [2.75, 3.05) is 10.6 Å². The first-order chi connectivity index (χ1) is 12.8. The highest BCUT2D eigenvalue weighted by atomic mass is 19.4. The summed E-state index contributed by atoms with van der Waals surface area (Å²) >= 11 is 0. The van der Waals surface area contributed by atoms with E-state index in [0.717, 1.165) is 17.7 Å². The Kier molecular flexibility index (Phi) is 5.12. The second-order valence-electron chi connectivity index (χ2n) is 5.96. The van der Waals surface area contributed by atoms with Crippen molar-refractivity contribution < 1.29 is 18.0 Å². The van der Waals surface area contributed by atoms with E-state index in [0.29, 0.717) is 11.4 Å². The van der Waals surface area contributed by atoms with Crippen LogP contribution in [0, 0.1) is 6.92 Å². The zero-order valence-electron chi connectivity index (χ0n) is 14.3. The van der Waals surface area contributed by atoms with Crippen LogP contribution in [0.4, 0.5) is 30.2 Å². The minimum absolute atomic E-state index is 0.200. The Bertz CT molecular complexity index is 953. The first-order valence-corrected chi connectivity index (χ1v) is 8.09. The van der Waals surface area contributed by atoms with Gasteiger partial charge in [-0.2, -0.15) is 13.2 Å². The summed E-state index contributed by atoms with van der Waals surface area (Å²) in [6.07, 6.45) is -3.01. The predicted octanol–water partition coefficient (Wildman–Crippen LogP) is 5.40. The minimum atomic E-state index is -4.41. The zero-order chi connectivity index (χ0) is 19.4. The fraction of sp³-hybridized carbons (Fsp3) is 0.100. The van der Waals surface area contributed by atoms with Crippen molar-refractivity contribution >= 4 is 23.0 Å². The molecule has 0 spiro atoms. The molecule has 0 atom stereocenters. The van der Waals surface area contributed by atoms with Gasteiger partial charge >= 0.3 is 6.18 Å². The topological polar surface area (TPSA) is 54.0 Å². The maximum Gasteiger partial charge on any atom is 0.416 e. The van der Waals surface area contributed by atoms with E-state index in [1.54, 1.807) is 12.1 Å².